The number of ether oxygens (including phenoxy) is 4. The van der Waals surface area contributed by atoms with Gasteiger partial charge < -0.3 is 28.7 Å². The van der Waals surface area contributed by atoms with Gasteiger partial charge in [-0.25, -0.2) is 4.79 Å². The highest BCUT2D eigenvalue weighted by Gasteiger charge is 2.36. The Bertz CT molecular complexity index is 945. The molecule has 204 valence electrons. The molecule has 0 saturated heterocycles. The Balaban J connectivity index is 1.17. The van der Waals surface area contributed by atoms with Crippen LogP contribution in [0.5, 0.6) is 0 Å². The quantitative estimate of drug-likeness (QED) is 0.239. The zero-order valence-electron chi connectivity index (χ0n) is 23.0. The second kappa shape index (κ2) is 14.1. The lowest BCUT2D eigenvalue weighted by atomic mass is 9.98. The number of carbonyl (C=O) groups is 1. The number of hydrogen-bond acceptors (Lipinski definition) is 6. The lowest BCUT2D eigenvalue weighted by molar-refractivity contribution is 0.00898. The minimum atomic E-state index is -1.71. The van der Waals surface area contributed by atoms with E-state index in [0.717, 1.165) is 0 Å². The van der Waals surface area contributed by atoms with Gasteiger partial charge in [0.15, 0.2) is 8.32 Å². The lowest BCUT2D eigenvalue weighted by Crippen LogP contribution is -2.41. The van der Waals surface area contributed by atoms with Crippen LogP contribution in [-0.4, -0.2) is 73.8 Å². The molecule has 8 heteroatoms. The van der Waals surface area contributed by atoms with E-state index >= 15 is 0 Å². The Morgan fingerprint density at radius 3 is 1.81 bits per heavy atom. The first-order valence-corrected chi connectivity index (χ1v) is 16.1. The fourth-order valence-corrected chi connectivity index (χ4v) is 5.02. The van der Waals surface area contributed by atoms with Crippen molar-refractivity contribution in [2.75, 3.05) is 59.4 Å². The van der Waals surface area contributed by atoms with Crippen molar-refractivity contribution in [3.8, 4) is 11.1 Å². The van der Waals surface area contributed by atoms with Crippen LogP contribution in [0.2, 0.25) is 18.1 Å². The minimum Gasteiger partial charge on any atom is -0.449 e. The van der Waals surface area contributed by atoms with Gasteiger partial charge in [-0.05, 0) is 40.4 Å². The molecule has 0 radical (unpaired) electrons. The van der Waals surface area contributed by atoms with Crippen LogP contribution in [0.1, 0.15) is 37.8 Å². The third kappa shape index (κ3) is 8.65. The summed E-state index contributed by atoms with van der Waals surface area (Å²) in [5.41, 5.74) is 4.82. The maximum Gasteiger partial charge on any atom is 0.407 e. The highest BCUT2D eigenvalue weighted by molar-refractivity contribution is 6.74. The summed E-state index contributed by atoms with van der Waals surface area (Å²) in [6.07, 6.45) is -0.434. The summed E-state index contributed by atoms with van der Waals surface area (Å²) in [6.45, 7) is 15.4. The van der Waals surface area contributed by atoms with E-state index in [1.165, 1.54) is 22.3 Å². The first-order valence-electron chi connectivity index (χ1n) is 13.2. The number of fused-ring (bicyclic) bond motifs is 3. The topological polar surface area (TPSA) is 75.3 Å². The number of nitrogens with one attached hydrogen (secondary N) is 1. The van der Waals surface area contributed by atoms with Gasteiger partial charge in [0.1, 0.15) is 6.61 Å². The van der Waals surface area contributed by atoms with E-state index in [1.54, 1.807) is 0 Å². The standard InChI is InChI=1S/C29H43NO6Si/c1-29(2,3)37(4,5)36-21-20-34-19-18-33-17-16-32-15-14-30-28(31)35-22-27-25-12-8-6-10-23(25)24-11-7-9-13-26(24)27/h6-13,27H,14-22H2,1-5H3,(H,30,31). The third-order valence-electron chi connectivity index (χ3n) is 7.10. The van der Waals surface area contributed by atoms with E-state index in [1.807, 2.05) is 24.3 Å². The Morgan fingerprint density at radius 2 is 1.27 bits per heavy atom. The number of alkyl carbamates (subject to hydrolysis) is 1. The Kier molecular flexibility index (Phi) is 11.1. The van der Waals surface area contributed by atoms with Crippen molar-refractivity contribution in [1.82, 2.24) is 5.32 Å². The van der Waals surface area contributed by atoms with Crippen LogP contribution in [0.15, 0.2) is 48.5 Å². The molecule has 0 heterocycles. The van der Waals surface area contributed by atoms with Crippen molar-refractivity contribution in [3.05, 3.63) is 59.7 Å². The van der Waals surface area contributed by atoms with E-state index in [9.17, 15) is 4.79 Å². The van der Waals surface area contributed by atoms with E-state index in [0.29, 0.717) is 59.4 Å². The van der Waals surface area contributed by atoms with Gasteiger partial charge in [-0.15, -0.1) is 0 Å². The second-order valence-electron chi connectivity index (χ2n) is 10.7. The van der Waals surface area contributed by atoms with E-state index in [4.69, 9.17) is 23.4 Å². The number of carbonyl (C=O) groups excluding carboxylic acids is 1. The zero-order chi connectivity index (χ0) is 26.7. The first kappa shape index (κ1) is 29.3. The van der Waals surface area contributed by atoms with Crippen LogP contribution in [0.25, 0.3) is 11.1 Å². The molecule has 0 aromatic heterocycles. The molecule has 0 aliphatic heterocycles. The van der Waals surface area contributed by atoms with Gasteiger partial charge in [0.05, 0.1) is 46.2 Å². The Labute approximate surface area is 222 Å². The number of rotatable bonds is 15. The fraction of sp³-hybridized carbons (Fsp3) is 0.552. The van der Waals surface area contributed by atoms with Gasteiger partial charge in [-0.1, -0.05) is 69.3 Å². The van der Waals surface area contributed by atoms with Crippen LogP contribution in [0.4, 0.5) is 4.79 Å². The highest BCUT2D eigenvalue weighted by Crippen LogP contribution is 2.44. The number of amides is 1. The monoisotopic (exact) mass is 529 g/mol. The maximum atomic E-state index is 12.2. The molecule has 37 heavy (non-hydrogen) atoms. The largest absolute Gasteiger partial charge is 0.449 e. The smallest absolute Gasteiger partial charge is 0.407 e. The molecule has 2 aromatic carbocycles. The molecular formula is C29H43NO6Si. The number of benzene rings is 2. The molecule has 7 nitrogen and oxygen atoms in total. The van der Waals surface area contributed by atoms with Crippen molar-refractivity contribution in [3.63, 3.8) is 0 Å². The van der Waals surface area contributed by atoms with Crippen molar-refractivity contribution >= 4 is 14.4 Å². The maximum absolute atomic E-state index is 12.2. The van der Waals surface area contributed by atoms with Crippen LogP contribution in [-0.2, 0) is 23.4 Å². The van der Waals surface area contributed by atoms with Crippen molar-refractivity contribution in [2.45, 2.75) is 44.8 Å². The zero-order valence-corrected chi connectivity index (χ0v) is 24.0. The normalized spacial score (nSPS) is 13.3. The van der Waals surface area contributed by atoms with Gasteiger partial charge in [-0.3, -0.25) is 0 Å². The molecule has 0 saturated carbocycles. The molecule has 1 aliphatic rings. The van der Waals surface area contributed by atoms with Crippen LogP contribution in [0.3, 0.4) is 0 Å². The average molecular weight is 530 g/mol. The van der Waals surface area contributed by atoms with E-state index in [-0.39, 0.29) is 11.0 Å². The van der Waals surface area contributed by atoms with Gasteiger partial charge in [0.25, 0.3) is 0 Å². The molecule has 2 aromatic rings. The first-order chi connectivity index (χ1) is 17.7. The summed E-state index contributed by atoms with van der Waals surface area (Å²) in [5.74, 6) is 0.0558. The Morgan fingerprint density at radius 1 is 0.784 bits per heavy atom. The molecule has 1 amide bonds. The highest BCUT2D eigenvalue weighted by atomic mass is 28.4. The van der Waals surface area contributed by atoms with Gasteiger partial charge in [0.2, 0.25) is 0 Å². The molecule has 0 bridgehead atoms. The summed E-state index contributed by atoms with van der Waals surface area (Å²) in [6, 6.07) is 16.6. The van der Waals surface area contributed by atoms with Crippen LogP contribution in [0, 0.1) is 0 Å². The van der Waals surface area contributed by atoms with Crippen molar-refractivity contribution in [2.24, 2.45) is 0 Å². The van der Waals surface area contributed by atoms with Gasteiger partial charge in [0, 0.05) is 12.5 Å². The van der Waals surface area contributed by atoms with Crippen LogP contribution >= 0.6 is 0 Å². The molecule has 3 rings (SSSR count). The second-order valence-corrected chi connectivity index (χ2v) is 15.5. The van der Waals surface area contributed by atoms with Crippen molar-refractivity contribution in [1.29, 1.82) is 0 Å². The molecule has 1 N–H and O–H groups in total. The fourth-order valence-electron chi connectivity index (χ4n) is 3.99. The number of hydrogen-bond donors (Lipinski definition) is 1. The molecule has 1 aliphatic carbocycles. The molecule has 0 atom stereocenters. The molecule has 0 unspecified atom stereocenters. The molecular weight excluding hydrogens is 486 g/mol. The molecule has 0 spiro atoms. The van der Waals surface area contributed by atoms with Crippen molar-refractivity contribution < 1.29 is 28.2 Å². The molecule has 0 fully saturated rings. The summed E-state index contributed by atoms with van der Waals surface area (Å²) < 4.78 is 28.2. The van der Waals surface area contributed by atoms with Crippen LogP contribution < -0.4 is 5.32 Å². The summed E-state index contributed by atoms with van der Waals surface area (Å²) in [5, 5.41) is 2.96. The van der Waals surface area contributed by atoms with E-state index in [2.05, 4.69) is 63.4 Å². The Hall–Kier alpha value is -2.23. The third-order valence-corrected chi connectivity index (χ3v) is 11.6. The lowest BCUT2D eigenvalue weighted by Gasteiger charge is -2.36. The van der Waals surface area contributed by atoms with Gasteiger partial charge >= 0.3 is 6.09 Å². The minimum absolute atomic E-state index is 0.0558. The predicted molar refractivity (Wildman–Crippen MR) is 149 cm³/mol. The summed E-state index contributed by atoms with van der Waals surface area (Å²) in [4.78, 5) is 12.2. The van der Waals surface area contributed by atoms with Gasteiger partial charge in [-0.2, -0.15) is 0 Å². The van der Waals surface area contributed by atoms with E-state index < -0.39 is 14.4 Å². The predicted octanol–water partition coefficient (Wildman–Crippen LogP) is 5.60. The summed E-state index contributed by atoms with van der Waals surface area (Å²) >= 11 is 0. The summed E-state index contributed by atoms with van der Waals surface area (Å²) in [7, 11) is -1.71. The SMILES string of the molecule is CC(C)(C)[Si](C)(C)OCCOCCOCCOCCNC(=O)OCC1c2ccccc2-c2ccccc21. The average Bonchev–Trinajstić information content (AvgIpc) is 3.18.